The SMILES string of the molecule is O=C(OCc1ccccc1)N1CC[C@H]2C(c3ccc([N+](=O)[O-])cc3)Nc3ccccc3[C@H]21. The van der Waals surface area contributed by atoms with E-state index >= 15 is 0 Å². The first-order chi connectivity index (χ1) is 15.6. The van der Waals surface area contributed by atoms with Gasteiger partial charge in [0.15, 0.2) is 0 Å². The number of hydrogen-bond acceptors (Lipinski definition) is 5. The number of carbonyl (C=O) groups excluding carboxylic acids is 1. The van der Waals surface area contributed by atoms with E-state index in [1.165, 1.54) is 12.1 Å². The number of fused-ring (bicyclic) bond motifs is 3. The lowest BCUT2D eigenvalue weighted by Gasteiger charge is -2.39. The minimum absolute atomic E-state index is 0.0531. The zero-order chi connectivity index (χ0) is 22.1. The zero-order valence-electron chi connectivity index (χ0n) is 17.4. The predicted octanol–water partition coefficient (Wildman–Crippen LogP) is 5.46. The van der Waals surface area contributed by atoms with Gasteiger partial charge in [-0.3, -0.25) is 10.1 Å². The molecule has 3 aromatic carbocycles. The number of para-hydroxylation sites is 1. The minimum Gasteiger partial charge on any atom is -0.445 e. The lowest BCUT2D eigenvalue weighted by Crippen LogP contribution is -2.37. The lowest BCUT2D eigenvalue weighted by atomic mass is 9.80. The van der Waals surface area contributed by atoms with Crippen molar-refractivity contribution in [2.24, 2.45) is 5.92 Å². The smallest absolute Gasteiger partial charge is 0.410 e. The maximum absolute atomic E-state index is 13.1. The van der Waals surface area contributed by atoms with Crippen molar-refractivity contribution in [2.75, 3.05) is 11.9 Å². The van der Waals surface area contributed by atoms with Crippen LogP contribution in [0.15, 0.2) is 78.9 Å². The third-order valence-corrected chi connectivity index (χ3v) is 6.37. The van der Waals surface area contributed by atoms with E-state index in [1.807, 2.05) is 53.4 Å². The van der Waals surface area contributed by atoms with Gasteiger partial charge in [-0.1, -0.05) is 60.7 Å². The number of hydrogen-bond donors (Lipinski definition) is 1. The molecule has 0 aromatic heterocycles. The fourth-order valence-corrected chi connectivity index (χ4v) is 4.87. The molecule has 2 aliphatic rings. The van der Waals surface area contributed by atoms with Crippen molar-refractivity contribution in [3.05, 3.63) is 106 Å². The summed E-state index contributed by atoms with van der Waals surface area (Å²) in [5.41, 5.74) is 4.04. The highest BCUT2D eigenvalue weighted by Gasteiger charge is 2.46. The third-order valence-electron chi connectivity index (χ3n) is 6.37. The summed E-state index contributed by atoms with van der Waals surface area (Å²) < 4.78 is 5.65. The normalized spacial score (nSPS) is 21.2. The average Bonchev–Trinajstić information content (AvgIpc) is 3.28. The number of ether oxygens (including phenoxy) is 1. The van der Waals surface area contributed by atoms with Crippen LogP contribution in [0.5, 0.6) is 0 Å². The molecular weight excluding hydrogens is 406 g/mol. The Morgan fingerprint density at radius 3 is 2.50 bits per heavy atom. The summed E-state index contributed by atoms with van der Waals surface area (Å²) >= 11 is 0. The maximum Gasteiger partial charge on any atom is 0.410 e. The van der Waals surface area contributed by atoms with E-state index in [1.54, 1.807) is 12.1 Å². The molecule has 2 aliphatic heterocycles. The van der Waals surface area contributed by atoms with Gasteiger partial charge in [-0.25, -0.2) is 4.79 Å². The van der Waals surface area contributed by atoms with Crippen molar-refractivity contribution < 1.29 is 14.5 Å². The van der Waals surface area contributed by atoms with Crippen LogP contribution >= 0.6 is 0 Å². The molecule has 0 spiro atoms. The zero-order valence-corrected chi connectivity index (χ0v) is 17.4. The Balaban J connectivity index is 1.42. The molecule has 162 valence electrons. The van der Waals surface area contributed by atoms with Gasteiger partial charge in [0.25, 0.3) is 5.69 Å². The first-order valence-electron chi connectivity index (χ1n) is 10.7. The summed E-state index contributed by atoms with van der Waals surface area (Å²) in [6.45, 7) is 0.835. The van der Waals surface area contributed by atoms with E-state index in [0.717, 1.165) is 28.8 Å². The molecule has 1 unspecified atom stereocenters. The summed E-state index contributed by atoms with van der Waals surface area (Å²) in [7, 11) is 0. The highest BCUT2D eigenvalue weighted by atomic mass is 16.6. The van der Waals surface area contributed by atoms with Gasteiger partial charge in [0.05, 0.1) is 17.0 Å². The first kappa shape index (κ1) is 20.1. The maximum atomic E-state index is 13.1. The molecule has 1 fully saturated rings. The summed E-state index contributed by atoms with van der Waals surface area (Å²) in [6, 6.07) is 24.2. The standard InChI is InChI=1S/C25H23N3O4/c29-25(32-16-17-6-2-1-3-7-17)27-15-14-21-23(18-10-12-19(13-11-18)28(30)31)26-22-9-5-4-8-20(22)24(21)27/h1-13,21,23-24,26H,14-16H2/t21-,23?,24+/m0/s1. The van der Waals surface area contributed by atoms with Crippen molar-refractivity contribution in [3.63, 3.8) is 0 Å². The molecule has 1 saturated heterocycles. The van der Waals surface area contributed by atoms with Gasteiger partial charge in [0.1, 0.15) is 6.61 Å². The molecule has 1 N–H and O–H groups in total. The topological polar surface area (TPSA) is 84.7 Å². The van der Waals surface area contributed by atoms with Crippen LogP contribution in [0.4, 0.5) is 16.2 Å². The van der Waals surface area contributed by atoms with E-state index < -0.39 is 4.92 Å². The van der Waals surface area contributed by atoms with E-state index in [2.05, 4.69) is 11.4 Å². The van der Waals surface area contributed by atoms with Crippen LogP contribution < -0.4 is 5.32 Å². The molecule has 0 saturated carbocycles. The molecule has 3 aromatic rings. The number of nitrogens with zero attached hydrogens (tertiary/aromatic N) is 2. The van der Waals surface area contributed by atoms with Crippen LogP contribution in [-0.2, 0) is 11.3 Å². The van der Waals surface area contributed by atoms with Gasteiger partial charge >= 0.3 is 6.09 Å². The Kier molecular flexibility index (Phi) is 5.23. The summed E-state index contributed by atoms with van der Waals surface area (Å²) in [5, 5.41) is 14.7. The number of amides is 1. The number of non-ortho nitro benzene ring substituents is 1. The van der Waals surface area contributed by atoms with Gasteiger partial charge in [-0.15, -0.1) is 0 Å². The van der Waals surface area contributed by atoms with Gasteiger partial charge in [-0.05, 0) is 29.2 Å². The Morgan fingerprint density at radius 2 is 1.75 bits per heavy atom. The molecule has 32 heavy (non-hydrogen) atoms. The molecule has 3 atom stereocenters. The monoisotopic (exact) mass is 429 g/mol. The molecule has 0 radical (unpaired) electrons. The van der Waals surface area contributed by atoms with E-state index in [4.69, 9.17) is 4.74 Å². The number of likely N-dealkylation sites (tertiary alicyclic amines) is 1. The number of nitro benzene ring substituents is 1. The van der Waals surface area contributed by atoms with Crippen molar-refractivity contribution in [2.45, 2.75) is 25.1 Å². The number of benzene rings is 3. The number of anilines is 1. The second kappa shape index (κ2) is 8.34. The Labute approximate surface area is 185 Å². The highest BCUT2D eigenvalue weighted by molar-refractivity contribution is 5.71. The number of rotatable bonds is 4. The Bertz CT molecular complexity index is 1130. The summed E-state index contributed by atoms with van der Waals surface area (Å²) in [6.07, 6.45) is 0.495. The molecule has 2 heterocycles. The van der Waals surface area contributed by atoms with E-state index in [0.29, 0.717) is 6.54 Å². The fourth-order valence-electron chi connectivity index (χ4n) is 4.87. The second-order valence-electron chi connectivity index (χ2n) is 8.19. The van der Waals surface area contributed by atoms with Crippen LogP contribution in [0.3, 0.4) is 0 Å². The summed E-state index contributed by atoms with van der Waals surface area (Å²) in [5.74, 6) is 0.135. The van der Waals surface area contributed by atoms with Crippen LogP contribution in [0.1, 0.15) is 35.2 Å². The fraction of sp³-hybridized carbons (Fsp3) is 0.240. The van der Waals surface area contributed by atoms with Crippen LogP contribution in [-0.4, -0.2) is 22.5 Å². The number of nitro groups is 1. The van der Waals surface area contributed by atoms with Crippen molar-refractivity contribution >= 4 is 17.5 Å². The molecule has 1 amide bonds. The number of carbonyl (C=O) groups is 1. The lowest BCUT2D eigenvalue weighted by molar-refractivity contribution is -0.384. The third kappa shape index (κ3) is 3.66. The molecule has 7 heteroatoms. The van der Waals surface area contributed by atoms with E-state index in [9.17, 15) is 14.9 Å². The molecule has 7 nitrogen and oxygen atoms in total. The van der Waals surface area contributed by atoms with Crippen molar-refractivity contribution in [3.8, 4) is 0 Å². The van der Waals surface area contributed by atoms with Crippen LogP contribution in [0, 0.1) is 16.0 Å². The van der Waals surface area contributed by atoms with Gasteiger partial charge in [0.2, 0.25) is 0 Å². The average molecular weight is 429 g/mol. The minimum atomic E-state index is -0.393. The van der Waals surface area contributed by atoms with Crippen molar-refractivity contribution in [1.29, 1.82) is 0 Å². The van der Waals surface area contributed by atoms with Crippen molar-refractivity contribution in [1.82, 2.24) is 4.90 Å². The largest absolute Gasteiger partial charge is 0.445 e. The number of nitrogens with one attached hydrogen (secondary N) is 1. The Hall–Kier alpha value is -3.87. The van der Waals surface area contributed by atoms with E-state index in [-0.39, 0.29) is 36.4 Å². The summed E-state index contributed by atoms with van der Waals surface area (Å²) in [4.78, 5) is 25.5. The van der Waals surface area contributed by atoms with Gasteiger partial charge in [0, 0.05) is 30.3 Å². The molecule has 5 rings (SSSR count). The highest BCUT2D eigenvalue weighted by Crippen LogP contribution is 2.51. The van der Waals surface area contributed by atoms with Crippen LogP contribution in [0.25, 0.3) is 0 Å². The molecule has 0 bridgehead atoms. The Morgan fingerprint density at radius 1 is 1.03 bits per heavy atom. The quantitative estimate of drug-likeness (QED) is 0.440. The second-order valence-corrected chi connectivity index (χ2v) is 8.19. The predicted molar refractivity (Wildman–Crippen MR) is 120 cm³/mol. The molecular formula is C25H23N3O4. The van der Waals surface area contributed by atoms with Gasteiger partial charge < -0.3 is 15.0 Å². The van der Waals surface area contributed by atoms with Crippen LogP contribution in [0.2, 0.25) is 0 Å². The molecule has 0 aliphatic carbocycles. The first-order valence-corrected chi connectivity index (χ1v) is 10.7. The van der Waals surface area contributed by atoms with Gasteiger partial charge in [-0.2, -0.15) is 0 Å².